The van der Waals surface area contributed by atoms with E-state index in [0.29, 0.717) is 11.1 Å². The van der Waals surface area contributed by atoms with Crippen LogP contribution in [0, 0.1) is 0 Å². The van der Waals surface area contributed by atoms with E-state index in [1.54, 1.807) is 36.4 Å². The quantitative estimate of drug-likeness (QED) is 0.542. The summed E-state index contributed by atoms with van der Waals surface area (Å²) < 4.78 is 1.16. The highest BCUT2D eigenvalue weighted by molar-refractivity contribution is 6.11. The largest absolute Gasteiger partial charge is 0.306 e. The van der Waals surface area contributed by atoms with Crippen LogP contribution in [0.3, 0.4) is 0 Å². The third kappa shape index (κ3) is 4.09. The molecule has 0 saturated carbocycles. The van der Waals surface area contributed by atoms with Crippen LogP contribution >= 0.6 is 0 Å². The number of rotatable bonds is 4. The van der Waals surface area contributed by atoms with Gasteiger partial charge in [0.2, 0.25) is 5.91 Å². The standard InChI is InChI=1S/C18H16N4O5/c23-14(10-21-8-4-3-7-16(21)25)19-20-15(24)11-22-17(26)9-12-5-1-2-6-13(12)18(22)27/h1-8H,9-11H2,(H,19,23)(H,20,24). The Morgan fingerprint density at radius 3 is 2.30 bits per heavy atom. The van der Waals surface area contributed by atoms with Crippen LogP contribution < -0.4 is 16.4 Å². The molecule has 3 rings (SSSR count). The zero-order valence-corrected chi connectivity index (χ0v) is 14.2. The monoisotopic (exact) mass is 368 g/mol. The lowest BCUT2D eigenvalue weighted by Gasteiger charge is -2.26. The summed E-state index contributed by atoms with van der Waals surface area (Å²) in [5.74, 6) is -2.40. The topological polar surface area (TPSA) is 118 Å². The zero-order chi connectivity index (χ0) is 19.4. The Kier molecular flexibility index (Phi) is 5.11. The van der Waals surface area contributed by atoms with E-state index in [9.17, 15) is 24.0 Å². The molecule has 0 fully saturated rings. The first kappa shape index (κ1) is 18.1. The van der Waals surface area contributed by atoms with Gasteiger partial charge < -0.3 is 4.57 Å². The van der Waals surface area contributed by atoms with Crippen molar-refractivity contribution in [2.45, 2.75) is 13.0 Å². The highest BCUT2D eigenvalue weighted by Crippen LogP contribution is 2.19. The molecule has 27 heavy (non-hydrogen) atoms. The third-order valence-corrected chi connectivity index (χ3v) is 3.99. The number of amides is 4. The molecule has 1 aromatic carbocycles. The first-order valence-corrected chi connectivity index (χ1v) is 8.11. The number of pyridine rings is 1. The van der Waals surface area contributed by atoms with Gasteiger partial charge in [0, 0.05) is 17.8 Å². The Labute approximate surface area is 153 Å². The number of hydrogen-bond acceptors (Lipinski definition) is 5. The van der Waals surface area contributed by atoms with Crippen LogP contribution in [-0.2, 0) is 27.3 Å². The zero-order valence-electron chi connectivity index (χ0n) is 14.2. The van der Waals surface area contributed by atoms with Crippen molar-refractivity contribution in [1.29, 1.82) is 0 Å². The molecule has 2 N–H and O–H groups in total. The number of hydrogen-bond donors (Lipinski definition) is 2. The van der Waals surface area contributed by atoms with Crippen molar-refractivity contribution in [3.63, 3.8) is 0 Å². The van der Waals surface area contributed by atoms with Crippen molar-refractivity contribution in [1.82, 2.24) is 20.3 Å². The van der Waals surface area contributed by atoms with Gasteiger partial charge in [-0.1, -0.05) is 24.3 Å². The minimum atomic E-state index is -0.732. The SMILES string of the molecule is O=C(CN1C(=O)Cc2ccccc2C1=O)NNC(=O)Cn1ccccc1=O. The minimum absolute atomic E-state index is 0.0263. The van der Waals surface area contributed by atoms with Gasteiger partial charge in [-0.3, -0.25) is 39.7 Å². The van der Waals surface area contributed by atoms with Crippen LogP contribution in [0.4, 0.5) is 0 Å². The van der Waals surface area contributed by atoms with Crippen LogP contribution in [0.15, 0.2) is 53.5 Å². The van der Waals surface area contributed by atoms with E-state index in [-0.39, 0.29) is 18.5 Å². The summed E-state index contributed by atoms with van der Waals surface area (Å²) in [6.07, 6.45) is 1.46. The predicted octanol–water partition coefficient (Wildman–Crippen LogP) is -0.779. The van der Waals surface area contributed by atoms with Gasteiger partial charge >= 0.3 is 0 Å². The third-order valence-electron chi connectivity index (χ3n) is 3.99. The second-order valence-electron chi connectivity index (χ2n) is 5.88. The van der Waals surface area contributed by atoms with Crippen molar-refractivity contribution in [3.05, 3.63) is 70.1 Å². The Bertz CT molecular complexity index is 981. The molecule has 1 aliphatic rings. The van der Waals surface area contributed by atoms with Crippen LogP contribution in [0.25, 0.3) is 0 Å². The highest BCUT2D eigenvalue weighted by atomic mass is 16.2. The fourth-order valence-corrected chi connectivity index (χ4v) is 2.67. The lowest BCUT2D eigenvalue weighted by Crippen LogP contribution is -2.51. The fourth-order valence-electron chi connectivity index (χ4n) is 2.67. The maximum absolute atomic E-state index is 12.4. The van der Waals surface area contributed by atoms with Crippen molar-refractivity contribution in [2.75, 3.05) is 6.54 Å². The van der Waals surface area contributed by atoms with E-state index >= 15 is 0 Å². The molecule has 9 nitrogen and oxygen atoms in total. The van der Waals surface area contributed by atoms with Crippen molar-refractivity contribution < 1.29 is 19.2 Å². The van der Waals surface area contributed by atoms with Crippen LogP contribution in [0.2, 0.25) is 0 Å². The van der Waals surface area contributed by atoms with Crippen molar-refractivity contribution >= 4 is 23.6 Å². The number of hydrazine groups is 1. The molecule has 2 heterocycles. The molecule has 0 saturated heterocycles. The summed E-state index contributed by atoms with van der Waals surface area (Å²) in [6, 6.07) is 11.1. The number of fused-ring (bicyclic) bond motifs is 1. The highest BCUT2D eigenvalue weighted by Gasteiger charge is 2.31. The second-order valence-corrected chi connectivity index (χ2v) is 5.88. The molecule has 1 aliphatic heterocycles. The van der Waals surface area contributed by atoms with Crippen LogP contribution in [0.1, 0.15) is 15.9 Å². The van der Waals surface area contributed by atoms with Gasteiger partial charge in [0.05, 0.1) is 6.42 Å². The molecule has 4 amide bonds. The molecule has 1 aromatic heterocycles. The summed E-state index contributed by atoms with van der Waals surface area (Å²) in [7, 11) is 0. The maximum Gasteiger partial charge on any atom is 0.261 e. The molecular formula is C18H16N4O5. The van der Waals surface area contributed by atoms with E-state index in [1.807, 2.05) is 0 Å². The molecule has 0 radical (unpaired) electrons. The number of imide groups is 1. The lowest BCUT2D eigenvalue weighted by molar-refractivity contribution is -0.134. The minimum Gasteiger partial charge on any atom is -0.306 e. The average molecular weight is 368 g/mol. The Hall–Kier alpha value is -3.75. The fraction of sp³-hybridized carbons (Fsp3) is 0.167. The summed E-state index contributed by atoms with van der Waals surface area (Å²) in [6.45, 7) is -0.799. The number of benzene rings is 1. The smallest absolute Gasteiger partial charge is 0.261 e. The van der Waals surface area contributed by atoms with Crippen LogP contribution in [-0.4, -0.2) is 39.6 Å². The van der Waals surface area contributed by atoms with Gasteiger partial charge in [-0.25, -0.2) is 0 Å². The summed E-state index contributed by atoms with van der Waals surface area (Å²) >= 11 is 0. The molecule has 0 aliphatic carbocycles. The number of nitrogens with one attached hydrogen (secondary N) is 2. The van der Waals surface area contributed by atoms with E-state index in [0.717, 1.165) is 9.47 Å². The molecule has 138 valence electrons. The number of carbonyl (C=O) groups is 4. The molecule has 0 unspecified atom stereocenters. The van der Waals surface area contributed by atoms with Gasteiger partial charge in [-0.05, 0) is 17.7 Å². The Balaban J connectivity index is 1.56. The van der Waals surface area contributed by atoms with E-state index in [2.05, 4.69) is 10.9 Å². The summed E-state index contributed by atoms with van der Waals surface area (Å²) in [4.78, 5) is 60.7. The van der Waals surface area contributed by atoms with Gasteiger partial charge in [-0.2, -0.15) is 0 Å². The molecular weight excluding hydrogens is 352 g/mol. The van der Waals surface area contributed by atoms with E-state index < -0.39 is 30.2 Å². The van der Waals surface area contributed by atoms with Gasteiger partial charge in [0.1, 0.15) is 13.1 Å². The Morgan fingerprint density at radius 1 is 0.889 bits per heavy atom. The van der Waals surface area contributed by atoms with E-state index in [1.165, 1.54) is 12.3 Å². The number of nitrogens with zero attached hydrogens (tertiary/aromatic N) is 2. The van der Waals surface area contributed by atoms with Gasteiger partial charge in [0.15, 0.2) is 0 Å². The summed E-state index contributed by atoms with van der Waals surface area (Å²) in [5.41, 5.74) is 4.91. The van der Waals surface area contributed by atoms with Gasteiger partial charge in [-0.15, -0.1) is 0 Å². The van der Waals surface area contributed by atoms with Crippen molar-refractivity contribution in [2.24, 2.45) is 0 Å². The first-order chi connectivity index (χ1) is 13.0. The normalized spacial score (nSPS) is 13.1. The predicted molar refractivity (Wildman–Crippen MR) is 93.2 cm³/mol. The van der Waals surface area contributed by atoms with Crippen molar-refractivity contribution in [3.8, 4) is 0 Å². The van der Waals surface area contributed by atoms with Crippen LogP contribution in [0.5, 0.6) is 0 Å². The molecule has 2 aromatic rings. The molecule has 0 bridgehead atoms. The second kappa shape index (κ2) is 7.65. The summed E-state index contributed by atoms with van der Waals surface area (Å²) in [5, 5.41) is 0. The molecule has 0 atom stereocenters. The molecule has 0 spiro atoms. The average Bonchev–Trinajstić information content (AvgIpc) is 2.65. The first-order valence-electron chi connectivity index (χ1n) is 8.11. The number of carbonyl (C=O) groups excluding carboxylic acids is 4. The van der Waals surface area contributed by atoms with Gasteiger partial charge in [0.25, 0.3) is 23.3 Å². The Morgan fingerprint density at radius 2 is 1.56 bits per heavy atom. The maximum atomic E-state index is 12.4. The lowest BCUT2D eigenvalue weighted by atomic mass is 9.98. The molecule has 9 heteroatoms. The number of aromatic nitrogens is 1. The van der Waals surface area contributed by atoms with E-state index in [4.69, 9.17) is 0 Å².